The van der Waals surface area contributed by atoms with Gasteiger partial charge in [0.25, 0.3) is 0 Å². The summed E-state index contributed by atoms with van der Waals surface area (Å²) in [4.78, 5) is 11.3. The van der Waals surface area contributed by atoms with Gasteiger partial charge in [0.1, 0.15) is 18.8 Å². The monoisotopic (exact) mass is 282 g/mol. The smallest absolute Gasteiger partial charge is 0.339 e. The quantitative estimate of drug-likeness (QED) is 0.835. The summed E-state index contributed by atoms with van der Waals surface area (Å²) in [6, 6.07) is 1.63. The van der Waals surface area contributed by atoms with E-state index >= 15 is 0 Å². The van der Waals surface area contributed by atoms with Crippen molar-refractivity contribution in [3.63, 3.8) is 0 Å². The van der Waals surface area contributed by atoms with Crippen molar-refractivity contribution in [1.29, 1.82) is 0 Å². The lowest BCUT2D eigenvalue weighted by Crippen LogP contribution is -2.22. The number of hydrogen-bond acceptors (Lipinski definition) is 5. The van der Waals surface area contributed by atoms with E-state index in [9.17, 15) is 9.90 Å². The molecule has 6 heteroatoms. The number of aromatic carboxylic acids is 1. The van der Waals surface area contributed by atoms with Gasteiger partial charge in [0.15, 0.2) is 17.8 Å². The first-order valence-electron chi connectivity index (χ1n) is 6.49. The predicted molar refractivity (Wildman–Crippen MR) is 70.8 cm³/mol. The van der Waals surface area contributed by atoms with E-state index < -0.39 is 12.3 Å². The lowest BCUT2D eigenvalue weighted by Gasteiger charge is -2.25. The Balaban J connectivity index is 2.43. The van der Waals surface area contributed by atoms with Crippen molar-refractivity contribution in [1.82, 2.24) is 0 Å². The number of hydrogen-bond donors (Lipinski definition) is 1. The molecule has 0 aromatic heterocycles. The van der Waals surface area contributed by atoms with Gasteiger partial charge in [-0.2, -0.15) is 0 Å². The first-order valence-corrected chi connectivity index (χ1v) is 6.49. The lowest BCUT2D eigenvalue weighted by molar-refractivity contribution is -0.0631. The minimum Gasteiger partial charge on any atom is -0.485 e. The molecule has 0 amide bonds. The van der Waals surface area contributed by atoms with Gasteiger partial charge in [0, 0.05) is 6.61 Å². The Morgan fingerprint density at radius 1 is 1.40 bits per heavy atom. The fourth-order valence-electron chi connectivity index (χ4n) is 2.10. The summed E-state index contributed by atoms with van der Waals surface area (Å²) in [5, 5.41) is 9.28. The van der Waals surface area contributed by atoms with Crippen LogP contribution in [0.3, 0.4) is 0 Å². The number of fused-ring (bicyclic) bond motifs is 1. The Labute approximate surface area is 117 Å². The molecular weight excluding hydrogens is 264 g/mol. The number of carboxylic acids is 1. The zero-order valence-corrected chi connectivity index (χ0v) is 11.8. The average Bonchev–Trinajstić information content (AvgIpc) is 2.38. The Kier molecular flexibility index (Phi) is 4.34. The van der Waals surface area contributed by atoms with Gasteiger partial charge in [-0.25, -0.2) is 4.79 Å². The second-order valence-electron chi connectivity index (χ2n) is 4.37. The van der Waals surface area contributed by atoms with Crippen LogP contribution in [-0.2, 0) is 4.74 Å². The van der Waals surface area contributed by atoms with Crippen molar-refractivity contribution in [2.24, 2.45) is 0 Å². The first-order chi connectivity index (χ1) is 9.54. The molecule has 1 heterocycles. The summed E-state index contributed by atoms with van der Waals surface area (Å²) < 4.78 is 21.9. The summed E-state index contributed by atoms with van der Waals surface area (Å²) >= 11 is 0. The van der Waals surface area contributed by atoms with Gasteiger partial charge in [0.05, 0.1) is 0 Å². The van der Waals surface area contributed by atoms with Crippen molar-refractivity contribution in [3.8, 4) is 17.2 Å². The highest BCUT2D eigenvalue weighted by atomic mass is 16.7. The Hall–Kier alpha value is -1.95. The molecule has 0 spiro atoms. The molecule has 0 aliphatic carbocycles. The fraction of sp³-hybridized carbons (Fsp3) is 0.500. The maximum absolute atomic E-state index is 11.3. The molecule has 0 saturated heterocycles. The van der Waals surface area contributed by atoms with Crippen LogP contribution in [0, 0.1) is 6.92 Å². The van der Waals surface area contributed by atoms with Crippen molar-refractivity contribution >= 4 is 5.97 Å². The van der Waals surface area contributed by atoms with Crippen molar-refractivity contribution in [3.05, 3.63) is 17.2 Å². The molecule has 1 aromatic rings. The van der Waals surface area contributed by atoms with Crippen molar-refractivity contribution in [2.45, 2.75) is 27.1 Å². The Morgan fingerprint density at radius 3 is 2.65 bits per heavy atom. The van der Waals surface area contributed by atoms with Crippen LogP contribution in [0.4, 0.5) is 0 Å². The van der Waals surface area contributed by atoms with E-state index in [4.69, 9.17) is 18.9 Å². The molecule has 2 rings (SSSR count). The SMILES string of the molecule is CCOC(C)Oc1cc(C)c(C(=O)O)c2c1OCCO2. The summed E-state index contributed by atoms with van der Waals surface area (Å²) in [6.07, 6.45) is -0.454. The third-order valence-corrected chi connectivity index (χ3v) is 2.88. The molecular formula is C14H18O6. The number of benzene rings is 1. The molecule has 1 N–H and O–H groups in total. The van der Waals surface area contributed by atoms with Gasteiger partial charge in [-0.15, -0.1) is 0 Å². The molecule has 0 bridgehead atoms. The molecule has 1 aliphatic rings. The summed E-state index contributed by atoms with van der Waals surface area (Å²) in [5.41, 5.74) is 0.663. The molecule has 0 fully saturated rings. The van der Waals surface area contributed by atoms with Crippen LogP contribution in [0.25, 0.3) is 0 Å². The highest BCUT2D eigenvalue weighted by Crippen LogP contribution is 2.44. The molecule has 6 nitrogen and oxygen atoms in total. The number of aryl methyl sites for hydroxylation is 1. The Bertz CT molecular complexity index is 511. The van der Waals surface area contributed by atoms with Crippen molar-refractivity contribution in [2.75, 3.05) is 19.8 Å². The fourth-order valence-corrected chi connectivity index (χ4v) is 2.10. The third-order valence-electron chi connectivity index (χ3n) is 2.88. The summed E-state index contributed by atoms with van der Waals surface area (Å²) in [5.74, 6) is -0.0648. The molecule has 0 radical (unpaired) electrons. The largest absolute Gasteiger partial charge is 0.485 e. The minimum absolute atomic E-state index is 0.108. The lowest BCUT2D eigenvalue weighted by atomic mass is 10.1. The summed E-state index contributed by atoms with van der Waals surface area (Å²) in [7, 11) is 0. The third kappa shape index (κ3) is 2.80. The Morgan fingerprint density at radius 2 is 2.05 bits per heavy atom. The zero-order chi connectivity index (χ0) is 14.7. The standard InChI is InChI=1S/C14H18O6/c1-4-17-9(3)20-10-7-8(2)11(14(15)16)13-12(10)18-5-6-19-13/h7,9H,4-6H2,1-3H3,(H,15,16). The van der Waals surface area contributed by atoms with Crippen LogP contribution in [0.2, 0.25) is 0 Å². The van der Waals surface area contributed by atoms with Gasteiger partial charge < -0.3 is 24.1 Å². The van der Waals surface area contributed by atoms with Crippen LogP contribution in [0.15, 0.2) is 6.07 Å². The highest BCUT2D eigenvalue weighted by Gasteiger charge is 2.27. The second-order valence-corrected chi connectivity index (χ2v) is 4.37. The molecule has 1 aromatic carbocycles. The topological polar surface area (TPSA) is 74.2 Å². The molecule has 1 unspecified atom stereocenters. The van der Waals surface area contributed by atoms with E-state index in [0.717, 1.165) is 0 Å². The number of ether oxygens (including phenoxy) is 4. The van der Waals surface area contributed by atoms with E-state index in [0.29, 0.717) is 36.9 Å². The first kappa shape index (κ1) is 14.5. The van der Waals surface area contributed by atoms with E-state index in [1.807, 2.05) is 6.92 Å². The maximum Gasteiger partial charge on any atom is 0.339 e. The van der Waals surface area contributed by atoms with Gasteiger partial charge in [0.2, 0.25) is 5.75 Å². The predicted octanol–water partition coefficient (Wildman–Crippen LogP) is 2.23. The molecule has 1 aliphatic heterocycles. The maximum atomic E-state index is 11.3. The highest BCUT2D eigenvalue weighted by molar-refractivity contribution is 5.94. The normalized spacial score (nSPS) is 14.8. The van der Waals surface area contributed by atoms with Crippen LogP contribution in [0.1, 0.15) is 29.8 Å². The van der Waals surface area contributed by atoms with Crippen LogP contribution < -0.4 is 14.2 Å². The number of carbonyl (C=O) groups is 1. The molecule has 20 heavy (non-hydrogen) atoms. The molecule has 0 saturated carbocycles. The van der Waals surface area contributed by atoms with E-state index in [1.54, 1.807) is 19.9 Å². The van der Waals surface area contributed by atoms with Crippen LogP contribution in [0.5, 0.6) is 17.2 Å². The van der Waals surface area contributed by atoms with Crippen molar-refractivity contribution < 1.29 is 28.8 Å². The van der Waals surface area contributed by atoms with Gasteiger partial charge in [-0.05, 0) is 32.4 Å². The van der Waals surface area contributed by atoms with E-state index in [1.165, 1.54) is 0 Å². The van der Waals surface area contributed by atoms with E-state index in [-0.39, 0.29) is 11.3 Å². The van der Waals surface area contributed by atoms with Gasteiger partial charge in [-0.1, -0.05) is 0 Å². The zero-order valence-electron chi connectivity index (χ0n) is 11.8. The van der Waals surface area contributed by atoms with Crippen LogP contribution >= 0.6 is 0 Å². The number of rotatable bonds is 5. The number of carboxylic acid groups (broad SMARTS) is 1. The molecule has 1 atom stereocenters. The van der Waals surface area contributed by atoms with E-state index in [2.05, 4.69) is 0 Å². The second kappa shape index (κ2) is 6.00. The van der Waals surface area contributed by atoms with Gasteiger partial charge >= 0.3 is 5.97 Å². The minimum atomic E-state index is -1.05. The average molecular weight is 282 g/mol. The molecule has 110 valence electrons. The summed E-state index contributed by atoms with van der Waals surface area (Å²) in [6.45, 7) is 6.52. The van der Waals surface area contributed by atoms with Crippen LogP contribution in [-0.4, -0.2) is 37.2 Å². The van der Waals surface area contributed by atoms with Gasteiger partial charge in [-0.3, -0.25) is 0 Å².